The van der Waals surface area contributed by atoms with Crippen molar-refractivity contribution in [3.8, 4) is 5.75 Å². The highest BCUT2D eigenvalue weighted by Crippen LogP contribution is 2.31. The summed E-state index contributed by atoms with van der Waals surface area (Å²) >= 11 is 0. The molecule has 3 rings (SSSR count). The van der Waals surface area contributed by atoms with Crippen LogP contribution in [0.3, 0.4) is 0 Å². The van der Waals surface area contributed by atoms with Crippen molar-refractivity contribution in [2.75, 3.05) is 19.0 Å². The lowest BCUT2D eigenvalue weighted by molar-refractivity contribution is 0.415. The average molecular weight is 267 g/mol. The molecule has 0 amide bonds. The summed E-state index contributed by atoms with van der Waals surface area (Å²) in [6.07, 6.45) is 3.81. The van der Waals surface area contributed by atoms with Gasteiger partial charge in [-0.3, -0.25) is 0 Å². The van der Waals surface area contributed by atoms with Crippen molar-refractivity contribution in [3.63, 3.8) is 0 Å². The molecule has 20 heavy (non-hydrogen) atoms. The molecule has 0 saturated heterocycles. The van der Waals surface area contributed by atoms with Gasteiger partial charge in [-0.05, 0) is 54.7 Å². The van der Waals surface area contributed by atoms with Gasteiger partial charge in [0.25, 0.3) is 0 Å². The third-order valence-corrected chi connectivity index (χ3v) is 4.14. The Hall–Kier alpha value is -1.96. The molecular weight excluding hydrogens is 246 g/mol. The maximum atomic E-state index is 5.18. The first-order valence-corrected chi connectivity index (χ1v) is 7.32. The fourth-order valence-electron chi connectivity index (χ4n) is 3.02. The van der Waals surface area contributed by atoms with Crippen LogP contribution in [-0.4, -0.2) is 13.7 Å². The number of aryl methyl sites for hydroxylation is 1. The summed E-state index contributed by atoms with van der Waals surface area (Å²) in [7, 11) is 1.70. The molecular formula is C18H21NO. The average Bonchev–Trinajstić information content (AvgIpc) is 2.53. The van der Waals surface area contributed by atoms with Gasteiger partial charge in [-0.25, -0.2) is 0 Å². The van der Waals surface area contributed by atoms with Crippen LogP contribution in [-0.2, 0) is 6.42 Å². The Morgan fingerprint density at radius 1 is 1.10 bits per heavy atom. The molecule has 1 atom stereocenters. The van der Waals surface area contributed by atoms with E-state index >= 15 is 0 Å². The maximum Gasteiger partial charge on any atom is 0.119 e. The van der Waals surface area contributed by atoms with E-state index in [1.54, 1.807) is 7.11 Å². The van der Waals surface area contributed by atoms with Crippen LogP contribution in [0, 0.1) is 0 Å². The van der Waals surface area contributed by atoms with Gasteiger partial charge in [-0.1, -0.05) is 24.3 Å². The Bertz CT molecular complexity index is 562. The number of hydrogen-bond donors (Lipinski definition) is 1. The summed E-state index contributed by atoms with van der Waals surface area (Å²) in [6.45, 7) is 1.00. The molecule has 0 aliphatic heterocycles. The Kier molecular flexibility index (Phi) is 3.91. The molecule has 2 nitrogen and oxygen atoms in total. The first-order valence-electron chi connectivity index (χ1n) is 7.32. The summed E-state index contributed by atoms with van der Waals surface area (Å²) in [6, 6.07) is 17.0. The molecule has 104 valence electrons. The van der Waals surface area contributed by atoms with E-state index in [-0.39, 0.29) is 0 Å². The molecule has 0 aromatic heterocycles. The Labute approximate surface area is 120 Å². The molecule has 0 fully saturated rings. The van der Waals surface area contributed by atoms with Crippen LogP contribution in [0.15, 0.2) is 48.5 Å². The first kappa shape index (κ1) is 13.0. The van der Waals surface area contributed by atoms with Crippen molar-refractivity contribution in [1.82, 2.24) is 0 Å². The normalized spacial score (nSPS) is 17.4. The third kappa shape index (κ3) is 2.79. The van der Waals surface area contributed by atoms with E-state index in [0.29, 0.717) is 5.92 Å². The van der Waals surface area contributed by atoms with E-state index in [2.05, 4.69) is 41.7 Å². The van der Waals surface area contributed by atoms with Crippen molar-refractivity contribution in [3.05, 3.63) is 59.7 Å². The molecule has 2 heteroatoms. The molecule has 1 aliphatic rings. The molecule has 0 spiro atoms. The molecule has 0 radical (unpaired) electrons. The SMILES string of the molecule is COc1ccc(NCC2CCCc3ccccc32)cc1. The predicted molar refractivity (Wildman–Crippen MR) is 83.6 cm³/mol. The van der Waals surface area contributed by atoms with Crippen molar-refractivity contribution in [2.24, 2.45) is 0 Å². The molecule has 0 bridgehead atoms. The second kappa shape index (κ2) is 6.00. The number of rotatable bonds is 4. The lowest BCUT2D eigenvalue weighted by Crippen LogP contribution is -2.18. The van der Waals surface area contributed by atoms with E-state index in [9.17, 15) is 0 Å². The monoisotopic (exact) mass is 267 g/mol. The highest BCUT2D eigenvalue weighted by Gasteiger charge is 2.19. The van der Waals surface area contributed by atoms with Crippen LogP contribution in [0.5, 0.6) is 5.75 Å². The van der Waals surface area contributed by atoms with Crippen molar-refractivity contribution in [2.45, 2.75) is 25.2 Å². The Balaban J connectivity index is 1.66. The Morgan fingerprint density at radius 2 is 1.90 bits per heavy atom. The zero-order valence-corrected chi connectivity index (χ0v) is 11.9. The number of nitrogens with one attached hydrogen (secondary N) is 1. The van der Waals surface area contributed by atoms with E-state index in [1.807, 2.05) is 12.1 Å². The van der Waals surface area contributed by atoms with Crippen LogP contribution in [0.1, 0.15) is 29.9 Å². The van der Waals surface area contributed by atoms with Crippen molar-refractivity contribution in [1.29, 1.82) is 0 Å². The second-order valence-electron chi connectivity index (χ2n) is 5.40. The third-order valence-electron chi connectivity index (χ3n) is 4.14. The summed E-state index contributed by atoms with van der Waals surface area (Å²) in [5.41, 5.74) is 4.22. The van der Waals surface area contributed by atoms with Gasteiger partial charge >= 0.3 is 0 Å². The first-order chi connectivity index (χ1) is 9.86. The lowest BCUT2D eigenvalue weighted by atomic mass is 9.83. The van der Waals surface area contributed by atoms with Crippen LogP contribution in [0.4, 0.5) is 5.69 Å². The highest BCUT2D eigenvalue weighted by molar-refractivity contribution is 5.47. The van der Waals surface area contributed by atoms with E-state index in [4.69, 9.17) is 4.74 Å². The summed E-state index contributed by atoms with van der Waals surface area (Å²) in [4.78, 5) is 0. The number of benzene rings is 2. The van der Waals surface area contributed by atoms with E-state index in [0.717, 1.165) is 18.0 Å². The Morgan fingerprint density at radius 3 is 2.70 bits per heavy atom. The topological polar surface area (TPSA) is 21.3 Å². The maximum absolute atomic E-state index is 5.18. The summed E-state index contributed by atoms with van der Waals surface area (Å²) < 4.78 is 5.18. The molecule has 0 heterocycles. The molecule has 2 aromatic carbocycles. The van der Waals surface area contributed by atoms with Crippen molar-refractivity contribution >= 4 is 5.69 Å². The van der Waals surface area contributed by atoms with Gasteiger partial charge < -0.3 is 10.1 Å². The van der Waals surface area contributed by atoms with Crippen LogP contribution in [0.2, 0.25) is 0 Å². The lowest BCUT2D eigenvalue weighted by Gasteiger charge is -2.26. The van der Waals surface area contributed by atoms with Gasteiger partial charge in [0.05, 0.1) is 7.11 Å². The van der Waals surface area contributed by atoms with Gasteiger partial charge in [0.15, 0.2) is 0 Å². The number of anilines is 1. The van der Waals surface area contributed by atoms with E-state index < -0.39 is 0 Å². The van der Waals surface area contributed by atoms with Gasteiger partial charge in [-0.2, -0.15) is 0 Å². The largest absolute Gasteiger partial charge is 0.497 e. The van der Waals surface area contributed by atoms with Gasteiger partial charge in [-0.15, -0.1) is 0 Å². The number of hydrogen-bond acceptors (Lipinski definition) is 2. The minimum absolute atomic E-state index is 0.627. The van der Waals surface area contributed by atoms with Gasteiger partial charge in [0.2, 0.25) is 0 Å². The summed E-state index contributed by atoms with van der Waals surface area (Å²) in [5, 5.41) is 3.55. The van der Waals surface area contributed by atoms with E-state index in [1.165, 1.54) is 30.4 Å². The number of ether oxygens (including phenoxy) is 1. The quantitative estimate of drug-likeness (QED) is 0.895. The fourth-order valence-corrected chi connectivity index (χ4v) is 3.02. The standard InChI is InChI=1S/C18H21NO/c1-20-17-11-9-16(10-12-17)19-13-15-7-4-6-14-5-2-3-8-18(14)15/h2-3,5,8-12,15,19H,4,6-7,13H2,1H3. The predicted octanol–water partition coefficient (Wildman–Crippen LogP) is 4.23. The van der Waals surface area contributed by atoms with Gasteiger partial charge in [0, 0.05) is 18.2 Å². The molecule has 0 saturated carbocycles. The summed E-state index contributed by atoms with van der Waals surface area (Å²) in [5.74, 6) is 1.53. The number of methoxy groups -OCH3 is 1. The minimum Gasteiger partial charge on any atom is -0.497 e. The smallest absolute Gasteiger partial charge is 0.119 e. The minimum atomic E-state index is 0.627. The zero-order chi connectivity index (χ0) is 13.8. The molecule has 1 N–H and O–H groups in total. The highest BCUT2D eigenvalue weighted by atomic mass is 16.5. The zero-order valence-electron chi connectivity index (χ0n) is 11.9. The van der Waals surface area contributed by atoms with Crippen LogP contribution in [0.25, 0.3) is 0 Å². The molecule has 1 aliphatic carbocycles. The molecule has 1 unspecified atom stereocenters. The number of fused-ring (bicyclic) bond motifs is 1. The van der Waals surface area contributed by atoms with Crippen LogP contribution >= 0.6 is 0 Å². The van der Waals surface area contributed by atoms with Crippen molar-refractivity contribution < 1.29 is 4.74 Å². The second-order valence-corrected chi connectivity index (χ2v) is 5.40. The van der Waals surface area contributed by atoms with Gasteiger partial charge in [0.1, 0.15) is 5.75 Å². The molecule has 2 aromatic rings. The van der Waals surface area contributed by atoms with Crippen LogP contribution < -0.4 is 10.1 Å². The fraction of sp³-hybridized carbons (Fsp3) is 0.333.